The van der Waals surface area contributed by atoms with Gasteiger partial charge in [-0.25, -0.2) is 19.4 Å². The van der Waals surface area contributed by atoms with E-state index in [-0.39, 0.29) is 18.2 Å². The summed E-state index contributed by atoms with van der Waals surface area (Å²) in [5.74, 6) is 0.573. The van der Waals surface area contributed by atoms with Crippen molar-refractivity contribution in [2.24, 2.45) is 0 Å². The smallest absolute Gasteiger partial charge is 0.351 e. The summed E-state index contributed by atoms with van der Waals surface area (Å²) in [5.41, 5.74) is 15.8. The Morgan fingerprint density at radius 3 is 2.00 bits per heavy atom. The molecule has 45 heavy (non-hydrogen) atoms. The number of H-pyrrole nitrogens is 1. The van der Waals surface area contributed by atoms with Gasteiger partial charge in [0.15, 0.2) is 12.5 Å². The lowest BCUT2D eigenvalue weighted by atomic mass is 10.1. The number of ether oxygens (including phenoxy) is 3. The minimum atomic E-state index is -1.32. The van der Waals surface area contributed by atoms with Crippen LogP contribution in [0, 0.1) is 13.8 Å². The van der Waals surface area contributed by atoms with Gasteiger partial charge in [0, 0.05) is 36.8 Å². The fraction of sp³-hybridized carbons (Fsp3) is 0.520. The number of nitrogen functional groups attached to an aromatic ring is 3. The number of nitrogens with zero attached hydrogens (tertiary/aromatic N) is 5. The number of aryl methyl sites for hydroxylation is 2. The van der Waals surface area contributed by atoms with Crippen LogP contribution in [0.15, 0.2) is 39.0 Å². The molecule has 5 heterocycles. The van der Waals surface area contributed by atoms with Gasteiger partial charge in [-0.3, -0.25) is 14.1 Å². The summed E-state index contributed by atoms with van der Waals surface area (Å²) in [6.45, 7) is 2.66. The van der Waals surface area contributed by atoms with Crippen LogP contribution in [-0.2, 0) is 14.2 Å². The Hall–Kier alpha value is -4.28. The summed E-state index contributed by atoms with van der Waals surface area (Å²) < 4.78 is 17.8. The van der Waals surface area contributed by atoms with E-state index in [9.17, 15) is 29.7 Å². The van der Waals surface area contributed by atoms with E-state index in [1.807, 2.05) is 0 Å². The van der Waals surface area contributed by atoms with Crippen LogP contribution in [0.1, 0.15) is 23.6 Å². The predicted octanol–water partition coefficient (Wildman–Crippen LogP) is -4.50. The third kappa shape index (κ3) is 8.06. The highest BCUT2D eigenvalue weighted by Gasteiger charge is 2.45. The van der Waals surface area contributed by atoms with Crippen LogP contribution in [-0.4, -0.2) is 112 Å². The Labute approximate surface area is 254 Å². The van der Waals surface area contributed by atoms with Crippen molar-refractivity contribution >= 4 is 17.5 Å². The van der Waals surface area contributed by atoms with Crippen molar-refractivity contribution in [2.75, 3.05) is 37.5 Å². The van der Waals surface area contributed by atoms with Gasteiger partial charge in [0.25, 0.3) is 0 Å². The third-order valence-electron chi connectivity index (χ3n) is 6.89. The summed E-state index contributed by atoms with van der Waals surface area (Å²) >= 11 is 0. The summed E-state index contributed by atoms with van der Waals surface area (Å²) in [6, 6.07) is 1.42. The number of nitrogens with two attached hydrogens (primary N) is 3. The molecule has 20 heteroatoms. The maximum absolute atomic E-state index is 11.7. The quantitative estimate of drug-likeness (QED) is 0.127. The monoisotopic (exact) mass is 639 g/mol. The van der Waals surface area contributed by atoms with E-state index in [1.165, 1.54) is 31.8 Å². The molecule has 0 amide bonds. The van der Waals surface area contributed by atoms with Crippen molar-refractivity contribution in [1.82, 2.24) is 29.1 Å². The van der Waals surface area contributed by atoms with Crippen LogP contribution < -0.4 is 34.3 Å². The highest BCUT2D eigenvalue weighted by molar-refractivity contribution is 5.35. The van der Waals surface area contributed by atoms with Gasteiger partial charge >= 0.3 is 17.1 Å². The molecule has 0 saturated carbocycles. The molecule has 20 nitrogen and oxygen atoms in total. The number of nitrogens with one attached hydrogen (secondary N) is 1. The maximum atomic E-state index is 11.7. The molecule has 2 fully saturated rings. The standard InChI is InChI=1S/2C10H15N3O5.C5H7N3O/c1-4-2-13(10(17)12-8(4)11)9-7(16)6(15)5(3-14)18-9;1-17-8-5(4-14)18-9(7(8)15)13-3-2-6(11)12-10(13)16;1-3-2-7-5(9)8-4(3)6/h2,5-7,9,14-16H,3H2,1H3,(H2,11,12,17);2-3,5,7-9,14-15H,4H2,1H3,(H2,11,12,16);2H,1H3,(H3,6,7,8,9)/t5-,6-,7-,9-;5-,7-,8-,9-;/m11./s1. The van der Waals surface area contributed by atoms with Gasteiger partial charge in [-0.2, -0.15) is 9.97 Å². The maximum Gasteiger partial charge on any atom is 0.351 e. The first kappa shape index (κ1) is 35.2. The van der Waals surface area contributed by atoms with Crippen molar-refractivity contribution in [1.29, 1.82) is 0 Å². The number of hydrogen-bond donors (Lipinski definition) is 9. The molecule has 2 aliphatic rings. The SMILES string of the molecule is CO[C@H]1[C@@H](O)[C@H](n2ccc(N)nc2=O)O[C@@H]1CO.Cc1cn([C@@H]2O[C@H](CO)[C@@H](O)[C@H]2O)c(=O)nc1N.Cc1cnc(=O)[nH]c1N. The molecule has 12 N–H and O–H groups in total. The Kier molecular flexibility index (Phi) is 11.8. The highest BCUT2D eigenvalue weighted by atomic mass is 16.6. The second-order valence-corrected chi connectivity index (χ2v) is 9.99. The average Bonchev–Trinajstić information content (AvgIpc) is 3.47. The molecule has 8 atom stereocenters. The van der Waals surface area contributed by atoms with Crippen LogP contribution in [0.2, 0.25) is 0 Å². The summed E-state index contributed by atoms with van der Waals surface area (Å²) in [7, 11) is 1.40. The molecule has 0 bridgehead atoms. The summed E-state index contributed by atoms with van der Waals surface area (Å²) in [6.07, 6.45) is -3.81. The lowest BCUT2D eigenvalue weighted by Crippen LogP contribution is -2.37. The summed E-state index contributed by atoms with van der Waals surface area (Å²) in [5, 5.41) is 47.5. The predicted molar refractivity (Wildman–Crippen MR) is 155 cm³/mol. The number of methoxy groups -OCH3 is 1. The van der Waals surface area contributed by atoms with Crippen LogP contribution in [0.3, 0.4) is 0 Å². The van der Waals surface area contributed by atoms with Crippen LogP contribution in [0.4, 0.5) is 17.5 Å². The Balaban J connectivity index is 0.000000195. The fourth-order valence-corrected chi connectivity index (χ4v) is 4.35. The van der Waals surface area contributed by atoms with Crippen molar-refractivity contribution in [2.45, 2.75) is 62.9 Å². The lowest BCUT2D eigenvalue weighted by Gasteiger charge is -2.18. The normalized spacial score (nSPS) is 27.3. The zero-order chi connectivity index (χ0) is 33.6. The molecule has 2 saturated heterocycles. The van der Waals surface area contributed by atoms with Gasteiger partial charge in [-0.15, -0.1) is 0 Å². The van der Waals surface area contributed by atoms with Crippen LogP contribution in [0.5, 0.6) is 0 Å². The Morgan fingerprint density at radius 1 is 0.889 bits per heavy atom. The van der Waals surface area contributed by atoms with Gasteiger partial charge in [0.1, 0.15) is 54.1 Å². The molecular weight excluding hydrogens is 602 g/mol. The molecule has 0 aromatic carbocycles. The van der Waals surface area contributed by atoms with E-state index in [1.54, 1.807) is 13.8 Å². The van der Waals surface area contributed by atoms with Crippen molar-refractivity contribution in [3.05, 3.63) is 67.2 Å². The molecule has 0 spiro atoms. The molecular formula is C25H37N9O11. The molecule has 2 aliphatic heterocycles. The van der Waals surface area contributed by atoms with Gasteiger partial charge in [-0.1, -0.05) is 0 Å². The fourth-order valence-electron chi connectivity index (χ4n) is 4.35. The first-order valence-electron chi connectivity index (χ1n) is 13.3. The largest absolute Gasteiger partial charge is 0.394 e. The van der Waals surface area contributed by atoms with Crippen LogP contribution in [0.25, 0.3) is 0 Å². The zero-order valence-electron chi connectivity index (χ0n) is 24.5. The molecule has 248 valence electrons. The first-order chi connectivity index (χ1) is 21.2. The van der Waals surface area contributed by atoms with Crippen LogP contribution >= 0.6 is 0 Å². The van der Waals surface area contributed by atoms with E-state index in [2.05, 4.69) is 19.9 Å². The number of rotatable bonds is 5. The minimum Gasteiger partial charge on any atom is -0.394 e. The number of anilines is 3. The van der Waals surface area contributed by atoms with Crippen molar-refractivity contribution in [3.8, 4) is 0 Å². The number of aliphatic hydroxyl groups is 5. The Bertz CT molecular complexity index is 1610. The van der Waals surface area contributed by atoms with E-state index in [0.717, 1.165) is 14.7 Å². The van der Waals surface area contributed by atoms with E-state index >= 15 is 0 Å². The molecule has 0 unspecified atom stereocenters. The first-order valence-corrected chi connectivity index (χ1v) is 13.3. The van der Waals surface area contributed by atoms with E-state index < -0.39 is 72.8 Å². The molecule has 5 rings (SSSR count). The van der Waals surface area contributed by atoms with E-state index in [0.29, 0.717) is 11.4 Å². The lowest BCUT2D eigenvalue weighted by molar-refractivity contribution is -0.0568. The van der Waals surface area contributed by atoms with Gasteiger partial charge < -0.3 is 56.9 Å². The number of aromatic nitrogens is 6. The number of aliphatic hydroxyl groups excluding tert-OH is 5. The molecule has 3 aromatic heterocycles. The average molecular weight is 640 g/mol. The highest BCUT2D eigenvalue weighted by Crippen LogP contribution is 2.30. The number of hydrogen-bond acceptors (Lipinski definition) is 17. The van der Waals surface area contributed by atoms with Crippen molar-refractivity contribution in [3.63, 3.8) is 0 Å². The third-order valence-corrected chi connectivity index (χ3v) is 6.89. The van der Waals surface area contributed by atoms with Gasteiger partial charge in [0.2, 0.25) is 0 Å². The zero-order valence-corrected chi connectivity index (χ0v) is 24.5. The van der Waals surface area contributed by atoms with E-state index in [4.69, 9.17) is 41.6 Å². The van der Waals surface area contributed by atoms with Crippen molar-refractivity contribution < 1.29 is 39.7 Å². The number of aromatic amines is 1. The van der Waals surface area contributed by atoms with Gasteiger partial charge in [0.05, 0.1) is 13.2 Å². The second-order valence-electron chi connectivity index (χ2n) is 9.99. The second kappa shape index (κ2) is 15.1. The summed E-state index contributed by atoms with van der Waals surface area (Å²) in [4.78, 5) is 46.6. The Morgan fingerprint density at radius 2 is 1.49 bits per heavy atom. The molecule has 0 aliphatic carbocycles. The topological polar surface area (TPSA) is 322 Å². The molecule has 0 radical (unpaired) electrons. The van der Waals surface area contributed by atoms with Gasteiger partial charge in [-0.05, 0) is 19.9 Å². The minimum absolute atomic E-state index is 0.0886. The molecule has 3 aromatic rings.